The van der Waals surface area contributed by atoms with E-state index in [1.54, 1.807) is 12.1 Å². The second kappa shape index (κ2) is 10.3. The van der Waals surface area contributed by atoms with E-state index in [9.17, 15) is 21.6 Å². The van der Waals surface area contributed by atoms with Crippen molar-refractivity contribution in [2.24, 2.45) is 5.73 Å². The van der Waals surface area contributed by atoms with Gasteiger partial charge in [0.05, 0.1) is 16.8 Å². The lowest BCUT2D eigenvalue weighted by Crippen LogP contribution is -2.29. The van der Waals surface area contributed by atoms with Gasteiger partial charge in [0.25, 0.3) is 0 Å². The zero-order valence-electron chi connectivity index (χ0n) is 17.0. The number of carboxylic acids is 1. The molecule has 0 amide bonds. The molecule has 2 heterocycles. The minimum absolute atomic E-state index is 0.118. The van der Waals surface area contributed by atoms with E-state index in [0.29, 0.717) is 17.1 Å². The number of hydrogen-bond donors (Lipinski definition) is 4. The monoisotopic (exact) mass is 488 g/mol. The number of alkyl halides is 3. The lowest BCUT2D eigenvalue weighted by atomic mass is 10.1. The minimum atomic E-state index is -5.08. The molecule has 3 rings (SSSR count). The van der Waals surface area contributed by atoms with Gasteiger partial charge < -0.3 is 16.6 Å². The topological polar surface area (TPSA) is 192 Å². The molecule has 0 radical (unpaired) electrons. The first-order valence-corrected chi connectivity index (χ1v) is 10.4. The molecular weight excluding hydrogens is 469 g/mol. The Morgan fingerprint density at radius 1 is 1.30 bits per heavy atom. The average Bonchev–Trinajstić information content (AvgIpc) is 3.27. The van der Waals surface area contributed by atoms with Crippen molar-refractivity contribution in [1.29, 1.82) is 0 Å². The van der Waals surface area contributed by atoms with Crippen molar-refractivity contribution in [3.05, 3.63) is 42.6 Å². The normalized spacial score (nSPS) is 11.5. The van der Waals surface area contributed by atoms with Gasteiger partial charge in [0.15, 0.2) is 11.6 Å². The van der Waals surface area contributed by atoms with Crippen LogP contribution < -0.4 is 16.2 Å². The van der Waals surface area contributed by atoms with Gasteiger partial charge in [0.2, 0.25) is 10.0 Å². The number of aromatic nitrogens is 5. The summed E-state index contributed by atoms with van der Waals surface area (Å²) in [6.07, 6.45) is -0.786. The highest BCUT2D eigenvalue weighted by Crippen LogP contribution is 2.26. The van der Waals surface area contributed by atoms with Gasteiger partial charge in [-0.3, -0.25) is 0 Å². The number of carbonyl (C=O) groups is 1. The zero-order chi connectivity index (χ0) is 24.8. The van der Waals surface area contributed by atoms with E-state index in [1.807, 2.05) is 6.92 Å². The molecule has 0 atom stereocenters. The summed E-state index contributed by atoms with van der Waals surface area (Å²) in [5.41, 5.74) is 13.2. The number of nitrogens with one attached hydrogen (secondary N) is 1. The van der Waals surface area contributed by atoms with Gasteiger partial charge in [0, 0.05) is 18.7 Å². The van der Waals surface area contributed by atoms with Crippen molar-refractivity contribution in [3.63, 3.8) is 0 Å². The maximum absolute atomic E-state index is 12.3. The number of aryl methyl sites for hydroxylation is 1. The molecule has 1 aromatic carbocycles. The third-order valence-corrected chi connectivity index (χ3v) is 5.35. The summed E-state index contributed by atoms with van der Waals surface area (Å²) < 4.78 is 60.3. The number of hydrogen-bond acceptors (Lipinski definition) is 9. The van der Waals surface area contributed by atoms with Crippen molar-refractivity contribution < 1.29 is 31.5 Å². The SMILES string of the molecule is Cc1ccc(S(=O)(=O)NCCN)cc1-c1cnc(N)c(-n2cncn2)n1.O=C(O)C(F)(F)F. The number of nitrogens with zero attached hydrogens (tertiary/aromatic N) is 5. The first-order valence-electron chi connectivity index (χ1n) is 8.95. The molecule has 6 N–H and O–H groups in total. The first-order chi connectivity index (χ1) is 15.4. The summed E-state index contributed by atoms with van der Waals surface area (Å²) in [5, 5.41) is 11.1. The van der Waals surface area contributed by atoms with E-state index >= 15 is 0 Å². The van der Waals surface area contributed by atoms with Crippen LogP contribution >= 0.6 is 0 Å². The second-order valence-electron chi connectivity index (χ2n) is 6.27. The molecule has 178 valence electrons. The van der Waals surface area contributed by atoms with Crippen molar-refractivity contribution in [3.8, 4) is 17.1 Å². The lowest BCUT2D eigenvalue weighted by molar-refractivity contribution is -0.192. The van der Waals surface area contributed by atoms with Crippen LogP contribution in [0.3, 0.4) is 0 Å². The number of aliphatic carboxylic acids is 1. The van der Waals surface area contributed by atoms with Gasteiger partial charge in [-0.25, -0.2) is 32.9 Å². The van der Waals surface area contributed by atoms with Crippen LogP contribution in [0.1, 0.15) is 5.56 Å². The van der Waals surface area contributed by atoms with Gasteiger partial charge >= 0.3 is 12.1 Å². The highest BCUT2D eigenvalue weighted by atomic mass is 32.2. The molecule has 16 heteroatoms. The fraction of sp³-hybridized carbons (Fsp3) is 0.235. The van der Waals surface area contributed by atoms with E-state index in [2.05, 4.69) is 24.8 Å². The molecule has 3 aromatic rings. The summed E-state index contributed by atoms with van der Waals surface area (Å²) in [7, 11) is -3.66. The molecule has 0 spiro atoms. The number of nitrogens with two attached hydrogens (primary N) is 2. The third-order valence-electron chi connectivity index (χ3n) is 3.89. The maximum atomic E-state index is 12.3. The predicted molar refractivity (Wildman–Crippen MR) is 109 cm³/mol. The van der Waals surface area contributed by atoms with E-state index in [-0.39, 0.29) is 23.8 Å². The van der Waals surface area contributed by atoms with Crippen molar-refractivity contribution in [2.75, 3.05) is 18.8 Å². The Morgan fingerprint density at radius 2 is 1.97 bits per heavy atom. The molecular formula is C17H19F3N8O4S. The summed E-state index contributed by atoms with van der Waals surface area (Å²) in [6.45, 7) is 2.22. The molecule has 0 aliphatic carbocycles. The van der Waals surface area contributed by atoms with E-state index < -0.39 is 22.2 Å². The Bertz CT molecular complexity index is 1220. The largest absolute Gasteiger partial charge is 0.490 e. The molecule has 0 fully saturated rings. The summed E-state index contributed by atoms with van der Waals surface area (Å²) in [5.74, 6) is -2.26. The molecule has 0 unspecified atom stereocenters. The molecule has 0 saturated carbocycles. The lowest BCUT2D eigenvalue weighted by Gasteiger charge is -2.11. The number of anilines is 1. The van der Waals surface area contributed by atoms with Crippen LogP contribution in [0.5, 0.6) is 0 Å². The molecule has 0 bridgehead atoms. The number of rotatable bonds is 6. The van der Waals surface area contributed by atoms with Gasteiger partial charge in [-0.15, -0.1) is 0 Å². The molecule has 33 heavy (non-hydrogen) atoms. The van der Waals surface area contributed by atoms with Crippen molar-refractivity contribution in [1.82, 2.24) is 29.5 Å². The van der Waals surface area contributed by atoms with E-state index in [1.165, 1.54) is 29.6 Å². The van der Waals surface area contributed by atoms with Crippen LogP contribution in [0.15, 0.2) is 41.9 Å². The third kappa shape index (κ3) is 6.67. The number of sulfonamides is 1. The van der Waals surface area contributed by atoms with Crippen LogP contribution in [-0.4, -0.2) is 63.5 Å². The molecule has 0 saturated heterocycles. The Labute approximate surface area is 185 Å². The summed E-state index contributed by atoms with van der Waals surface area (Å²) in [4.78, 5) is 21.5. The van der Waals surface area contributed by atoms with Gasteiger partial charge in [-0.2, -0.15) is 23.0 Å². The van der Waals surface area contributed by atoms with Crippen molar-refractivity contribution in [2.45, 2.75) is 18.0 Å². The standard InChI is InChI=1S/C15H18N8O2S.C2HF3O2/c1-10-2-3-11(26(24,25)21-5-4-16)6-12(10)13-7-19-14(17)15(22-13)23-9-18-8-20-23;3-2(4,5)1(6)7/h2-3,6-9,21H,4-5,16H2,1H3,(H2,17,19);(H,6,7). The Kier molecular flexibility index (Phi) is 8.02. The summed E-state index contributed by atoms with van der Waals surface area (Å²) >= 11 is 0. The highest BCUT2D eigenvalue weighted by Gasteiger charge is 2.38. The molecule has 0 aliphatic heterocycles. The Hall–Kier alpha value is -3.63. The average molecular weight is 488 g/mol. The van der Waals surface area contributed by atoms with Crippen LogP contribution in [0, 0.1) is 6.92 Å². The number of nitrogen functional groups attached to an aromatic ring is 1. The maximum Gasteiger partial charge on any atom is 0.490 e. The second-order valence-corrected chi connectivity index (χ2v) is 8.04. The van der Waals surface area contributed by atoms with Crippen LogP contribution in [0.25, 0.3) is 17.1 Å². The molecule has 0 aliphatic rings. The number of carboxylic acid groups (broad SMARTS) is 1. The molecule has 2 aromatic heterocycles. The predicted octanol–water partition coefficient (Wildman–Crippen LogP) is 0.485. The van der Waals surface area contributed by atoms with Crippen LogP contribution in [0.2, 0.25) is 0 Å². The van der Waals surface area contributed by atoms with Gasteiger partial charge in [-0.05, 0) is 24.6 Å². The van der Waals surface area contributed by atoms with Crippen molar-refractivity contribution >= 4 is 21.8 Å². The van der Waals surface area contributed by atoms with Crippen LogP contribution in [0.4, 0.5) is 19.0 Å². The quantitative estimate of drug-likeness (QED) is 0.379. The van der Waals surface area contributed by atoms with Crippen LogP contribution in [-0.2, 0) is 14.8 Å². The summed E-state index contributed by atoms with van der Waals surface area (Å²) in [6, 6.07) is 4.78. The zero-order valence-corrected chi connectivity index (χ0v) is 17.8. The Morgan fingerprint density at radius 3 is 2.52 bits per heavy atom. The molecule has 12 nitrogen and oxygen atoms in total. The van der Waals surface area contributed by atoms with Gasteiger partial charge in [-0.1, -0.05) is 6.07 Å². The van der Waals surface area contributed by atoms with E-state index in [4.69, 9.17) is 21.4 Å². The fourth-order valence-electron chi connectivity index (χ4n) is 2.33. The van der Waals surface area contributed by atoms with E-state index in [0.717, 1.165) is 5.56 Å². The highest BCUT2D eigenvalue weighted by molar-refractivity contribution is 7.89. The smallest absolute Gasteiger partial charge is 0.475 e. The Balaban J connectivity index is 0.000000479. The number of benzene rings is 1. The first kappa shape index (κ1) is 25.6. The van der Waals surface area contributed by atoms with Gasteiger partial charge in [0.1, 0.15) is 12.7 Å². The number of halogens is 3. The minimum Gasteiger partial charge on any atom is -0.475 e. The fourth-order valence-corrected chi connectivity index (χ4v) is 3.40.